The average molecular weight is 387 g/mol. The van der Waals surface area contributed by atoms with E-state index in [1.54, 1.807) is 18.2 Å². The van der Waals surface area contributed by atoms with Crippen molar-refractivity contribution in [3.8, 4) is 11.6 Å². The fourth-order valence-corrected chi connectivity index (χ4v) is 3.39. The Bertz CT molecular complexity index is 1060. The fraction of sp³-hybridized carbons (Fsp3) is 0.222. The molecule has 1 N–H and O–H groups in total. The molecule has 0 radical (unpaired) electrons. The second kappa shape index (κ2) is 6.98. The van der Waals surface area contributed by atoms with Crippen molar-refractivity contribution in [2.75, 3.05) is 6.54 Å². The lowest BCUT2D eigenvalue weighted by molar-refractivity contribution is -0.384. The number of hydrogen-bond acceptors (Lipinski definition) is 6. The summed E-state index contributed by atoms with van der Waals surface area (Å²) in [4.78, 5) is 32.4. The molecule has 1 aliphatic rings. The van der Waals surface area contributed by atoms with Crippen molar-refractivity contribution in [3.63, 3.8) is 0 Å². The summed E-state index contributed by atoms with van der Waals surface area (Å²) in [6.45, 7) is 1.60. The summed E-state index contributed by atoms with van der Waals surface area (Å²) in [5.74, 6) is 0.941. The van der Waals surface area contributed by atoms with Gasteiger partial charge in [-0.25, -0.2) is 4.98 Å². The van der Waals surface area contributed by atoms with Crippen LogP contribution in [0.5, 0.6) is 0 Å². The van der Waals surface area contributed by atoms with Crippen molar-refractivity contribution >= 4 is 17.3 Å². The lowest BCUT2D eigenvalue weighted by Gasteiger charge is -2.27. The molecule has 0 bridgehead atoms. The molecule has 0 fully saturated rings. The number of nitro benzene ring substituents is 1. The van der Waals surface area contributed by atoms with Crippen LogP contribution in [-0.2, 0) is 19.5 Å². The van der Waals surface area contributed by atoms with Crippen LogP contribution in [0.25, 0.3) is 11.6 Å². The lowest BCUT2D eigenvalue weighted by atomic mass is 10.1. The summed E-state index contributed by atoms with van der Waals surface area (Å²) in [7, 11) is 0. The number of aromatic nitrogens is 2. The molecule has 1 aromatic carbocycles. The molecule has 0 saturated carbocycles. The summed E-state index contributed by atoms with van der Waals surface area (Å²) in [6, 6.07) is 8.24. The lowest BCUT2D eigenvalue weighted by Crippen LogP contribution is -2.35. The third-order valence-corrected chi connectivity index (χ3v) is 4.84. The Morgan fingerprint density at radius 2 is 2.22 bits per heavy atom. The van der Waals surface area contributed by atoms with E-state index in [0.29, 0.717) is 43.2 Å². The molecule has 138 valence electrons. The number of nitrogens with one attached hydrogen (secondary N) is 1. The maximum atomic E-state index is 12.5. The minimum absolute atomic E-state index is 0.110. The first kappa shape index (κ1) is 17.4. The topological polar surface area (TPSA) is 105 Å². The largest absolute Gasteiger partial charge is 0.461 e. The number of halogens is 1. The van der Waals surface area contributed by atoms with Crippen LogP contribution < -0.4 is 5.56 Å². The van der Waals surface area contributed by atoms with E-state index in [-0.39, 0.29) is 16.3 Å². The van der Waals surface area contributed by atoms with E-state index in [9.17, 15) is 14.9 Å². The first-order valence-corrected chi connectivity index (χ1v) is 8.70. The van der Waals surface area contributed by atoms with E-state index in [2.05, 4.69) is 14.9 Å². The SMILES string of the molecule is O=c1[nH]c(-c2ccco2)nc2c1CN(Cc1ccc(Cl)c([N+](=O)[O-])c1)CC2. The van der Waals surface area contributed by atoms with Gasteiger partial charge >= 0.3 is 0 Å². The maximum absolute atomic E-state index is 12.5. The van der Waals surface area contributed by atoms with Crippen LogP contribution in [0.2, 0.25) is 5.02 Å². The van der Waals surface area contributed by atoms with Gasteiger partial charge in [0.2, 0.25) is 0 Å². The molecule has 0 aliphatic carbocycles. The van der Waals surface area contributed by atoms with Gasteiger partial charge in [0.05, 0.1) is 22.4 Å². The standard InChI is InChI=1S/C18H15ClN4O4/c19-13-4-3-11(8-15(13)23(25)26)9-22-6-5-14-12(10-22)18(24)21-17(20-14)16-2-1-7-27-16/h1-4,7-8H,5-6,9-10H2,(H,20,21,24). The summed E-state index contributed by atoms with van der Waals surface area (Å²) in [6.07, 6.45) is 2.14. The highest BCUT2D eigenvalue weighted by Crippen LogP contribution is 2.26. The van der Waals surface area contributed by atoms with Gasteiger partial charge < -0.3 is 9.40 Å². The summed E-state index contributed by atoms with van der Waals surface area (Å²) < 4.78 is 5.30. The van der Waals surface area contributed by atoms with Gasteiger partial charge in [0.25, 0.3) is 11.2 Å². The summed E-state index contributed by atoms with van der Waals surface area (Å²) in [5, 5.41) is 11.2. The zero-order valence-corrected chi connectivity index (χ0v) is 14.9. The van der Waals surface area contributed by atoms with Crippen LogP contribution in [0.15, 0.2) is 45.8 Å². The monoisotopic (exact) mass is 386 g/mol. The number of furan rings is 1. The molecule has 2 aromatic heterocycles. The number of rotatable bonds is 4. The normalized spacial score (nSPS) is 14.1. The zero-order valence-electron chi connectivity index (χ0n) is 14.1. The first-order chi connectivity index (χ1) is 13.0. The molecule has 3 aromatic rings. The molecule has 3 heterocycles. The second-order valence-corrected chi connectivity index (χ2v) is 6.73. The highest BCUT2D eigenvalue weighted by atomic mass is 35.5. The Labute approximate surface area is 158 Å². The Balaban J connectivity index is 1.56. The highest BCUT2D eigenvalue weighted by Gasteiger charge is 2.23. The number of benzene rings is 1. The molecule has 0 saturated heterocycles. The van der Waals surface area contributed by atoms with Crippen molar-refractivity contribution in [2.45, 2.75) is 19.5 Å². The molecule has 0 spiro atoms. The van der Waals surface area contributed by atoms with E-state index in [1.165, 1.54) is 18.4 Å². The van der Waals surface area contributed by atoms with Gasteiger partial charge in [-0.15, -0.1) is 0 Å². The molecular weight excluding hydrogens is 372 g/mol. The number of nitro groups is 1. The maximum Gasteiger partial charge on any atom is 0.288 e. The van der Waals surface area contributed by atoms with Gasteiger partial charge in [0, 0.05) is 32.1 Å². The third-order valence-electron chi connectivity index (χ3n) is 4.52. The van der Waals surface area contributed by atoms with Crippen LogP contribution >= 0.6 is 11.6 Å². The summed E-state index contributed by atoms with van der Waals surface area (Å²) >= 11 is 5.86. The van der Waals surface area contributed by atoms with Crippen LogP contribution in [0.3, 0.4) is 0 Å². The molecule has 27 heavy (non-hydrogen) atoms. The molecule has 1 aliphatic heterocycles. The van der Waals surface area contributed by atoms with Crippen LogP contribution in [-0.4, -0.2) is 26.3 Å². The van der Waals surface area contributed by atoms with Crippen LogP contribution in [0.4, 0.5) is 5.69 Å². The van der Waals surface area contributed by atoms with Gasteiger partial charge in [-0.2, -0.15) is 0 Å². The second-order valence-electron chi connectivity index (χ2n) is 6.32. The zero-order chi connectivity index (χ0) is 19.0. The van der Waals surface area contributed by atoms with Gasteiger partial charge in [-0.3, -0.25) is 19.8 Å². The van der Waals surface area contributed by atoms with E-state index >= 15 is 0 Å². The Morgan fingerprint density at radius 1 is 1.37 bits per heavy atom. The molecule has 4 rings (SSSR count). The molecule has 0 unspecified atom stereocenters. The number of nitrogens with zero attached hydrogens (tertiary/aromatic N) is 3. The number of fused-ring (bicyclic) bond motifs is 1. The predicted octanol–water partition coefficient (Wildman–Crippen LogP) is 3.15. The van der Waals surface area contributed by atoms with Gasteiger partial charge in [-0.1, -0.05) is 17.7 Å². The molecule has 0 atom stereocenters. The van der Waals surface area contributed by atoms with Crippen molar-refractivity contribution in [3.05, 3.63) is 78.9 Å². The van der Waals surface area contributed by atoms with E-state index < -0.39 is 4.92 Å². The molecule has 9 heteroatoms. The molecule has 0 amide bonds. The van der Waals surface area contributed by atoms with Crippen molar-refractivity contribution in [2.24, 2.45) is 0 Å². The van der Waals surface area contributed by atoms with Crippen molar-refractivity contribution in [1.29, 1.82) is 0 Å². The number of aromatic amines is 1. The molecule has 8 nitrogen and oxygen atoms in total. The minimum Gasteiger partial charge on any atom is -0.461 e. The Morgan fingerprint density at radius 3 is 2.96 bits per heavy atom. The minimum atomic E-state index is -0.498. The average Bonchev–Trinajstić information content (AvgIpc) is 3.18. The Kier molecular flexibility index (Phi) is 4.51. The molecular formula is C18H15ClN4O4. The van der Waals surface area contributed by atoms with Gasteiger partial charge in [0.15, 0.2) is 11.6 Å². The quantitative estimate of drug-likeness (QED) is 0.545. The smallest absolute Gasteiger partial charge is 0.288 e. The van der Waals surface area contributed by atoms with E-state index in [4.69, 9.17) is 16.0 Å². The third kappa shape index (κ3) is 3.49. The van der Waals surface area contributed by atoms with Crippen LogP contribution in [0.1, 0.15) is 16.8 Å². The Hall–Kier alpha value is -2.97. The van der Waals surface area contributed by atoms with E-state index in [0.717, 1.165) is 11.3 Å². The summed E-state index contributed by atoms with van der Waals surface area (Å²) in [5.41, 5.74) is 1.82. The van der Waals surface area contributed by atoms with Crippen LogP contribution in [0, 0.1) is 10.1 Å². The van der Waals surface area contributed by atoms with Crippen molar-refractivity contribution in [1.82, 2.24) is 14.9 Å². The van der Waals surface area contributed by atoms with Gasteiger partial charge in [0.1, 0.15) is 5.02 Å². The van der Waals surface area contributed by atoms with Crippen molar-refractivity contribution < 1.29 is 9.34 Å². The first-order valence-electron chi connectivity index (χ1n) is 8.32. The fourth-order valence-electron chi connectivity index (χ4n) is 3.20. The highest BCUT2D eigenvalue weighted by molar-refractivity contribution is 6.32. The predicted molar refractivity (Wildman–Crippen MR) is 98.5 cm³/mol. The number of H-pyrrole nitrogens is 1. The number of hydrogen-bond donors (Lipinski definition) is 1. The van der Waals surface area contributed by atoms with E-state index in [1.807, 2.05) is 0 Å². The van der Waals surface area contributed by atoms with Gasteiger partial charge in [-0.05, 0) is 23.8 Å².